The van der Waals surface area contributed by atoms with Gasteiger partial charge in [0.25, 0.3) is 0 Å². The molecule has 1 aliphatic rings. The van der Waals surface area contributed by atoms with E-state index in [4.69, 9.17) is 5.73 Å². The molecule has 1 heterocycles. The summed E-state index contributed by atoms with van der Waals surface area (Å²) >= 11 is 0. The molecule has 0 aromatic carbocycles. The van der Waals surface area contributed by atoms with Crippen molar-refractivity contribution in [1.82, 2.24) is 4.31 Å². The molecule has 0 radical (unpaired) electrons. The number of nitrogens with zero attached hydrogens (tertiary/aromatic N) is 1. The Labute approximate surface area is 102 Å². The predicted octanol–water partition coefficient (Wildman–Crippen LogP) is -0.452. The molecule has 1 saturated heterocycles. The van der Waals surface area contributed by atoms with E-state index in [0.29, 0.717) is 13.1 Å². The number of hydrogen-bond donors (Lipinski definition) is 1. The van der Waals surface area contributed by atoms with Gasteiger partial charge in [-0.1, -0.05) is 6.92 Å². The molecule has 0 aromatic rings. The summed E-state index contributed by atoms with van der Waals surface area (Å²) in [4.78, 5) is 10.9. The number of methoxy groups -OCH3 is 1. The van der Waals surface area contributed by atoms with Gasteiger partial charge in [0.1, 0.15) is 0 Å². The first kappa shape index (κ1) is 14.4. The van der Waals surface area contributed by atoms with E-state index in [9.17, 15) is 13.2 Å². The quantitative estimate of drug-likeness (QED) is 0.694. The maximum atomic E-state index is 12.0. The molecule has 6 nitrogen and oxygen atoms in total. The standard InChI is InChI=1S/C10H20N2O4S/c1-8-5-9(11)7-12(6-8)17(14,15)4-3-10(13)16-2/h8-9H,3-7,11H2,1-2H3. The molecule has 0 spiro atoms. The fourth-order valence-electron chi connectivity index (χ4n) is 2.02. The highest BCUT2D eigenvalue weighted by Gasteiger charge is 2.30. The molecule has 0 amide bonds. The van der Waals surface area contributed by atoms with E-state index in [1.54, 1.807) is 0 Å². The third-order valence-corrected chi connectivity index (χ3v) is 4.65. The second-order valence-corrected chi connectivity index (χ2v) is 6.65. The molecule has 2 N–H and O–H groups in total. The average molecular weight is 264 g/mol. The molecular formula is C10H20N2O4S. The third-order valence-electron chi connectivity index (χ3n) is 2.84. The molecule has 0 aromatic heterocycles. The SMILES string of the molecule is COC(=O)CCS(=O)(=O)N1CC(C)CC(N)C1. The number of sulfonamides is 1. The first-order valence-electron chi connectivity index (χ1n) is 5.65. The Balaban J connectivity index is 2.60. The molecule has 1 fully saturated rings. The van der Waals surface area contributed by atoms with E-state index in [1.165, 1.54) is 11.4 Å². The highest BCUT2D eigenvalue weighted by Crippen LogP contribution is 2.18. The van der Waals surface area contributed by atoms with Crippen molar-refractivity contribution in [2.24, 2.45) is 11.7 Å². The second-order valence-electron chi connectivity index (χ2n) is 4.56. The van der Waals surface area contributed by atoms with Gasteiger partial charge in [-0.3, -0.25) is 4.79 Å². The van der Waals surface area contributed by atoms with Gasteiger partial charge in [-0.25, -0.2) is 12.7 Å². The van der Waals surface area contributed by atoms with Crippen LogP contribution in [0, 0.1) is 5.92 Å². The zero-order valence-electron chi connectivity index (χ0n) is 10.3. The van der Waals surface area contributed by atoms with Crippen LogP contribution >= 0.6 is 0 Å². The molecular weight excluding hydrogens is 244 g/mol. The average Bonchev–Trinajstić information content (AvgIpc) is 2.24. The van der Waals surface area contributed by atoms with Gasteiger partial charge in [0.15, 0.2) is 0 Å². The first-order valence-corrected chi connectivity index (χ1v) is 7.26. The maximum absolute atomic E-state index is 12.0. The topological polar surface area (TPSA) is 89.7 Å². The minimum absolute atomic E-state index is 0.112. The number of ether oxygens (including phenoxy) is 1. The van der Waals surface area contributed by atoms with Crippen LogP contribution in [-0.4, -0.2) is 50.7 Å². The lowest BCUT2D eigenvalue weighted by atomic mass is 9.99. The molecule has 2 unspecified atom stereocenters. The minimum Gasteiger partial charge on any atom is -0.469 e. The fourth-order valence-corrected chi connectivity index (χ4v) is 3.60. The maximum Gasteiger partial charge on any atom is 0.306 e. The van der Waals surface area contributed by atoms with E-state index in [1.807, 2.05) is 6.92 Å². The Hall–Kier alpha value is -0.660. The molecule has 7 heteroatoms. The van der Waals surface area contributed by atoms with Gasteiger partial charge < -0.3 is 10.5 Å². The summed E-state index contributed by atoms with van der Waals surface area (Å²) in [6.07, 6.45) is 0.724. The van der Waals surface area contributed by atoms with Crippen molar-refractivity contribution in [3.8, 4) is 0 Å². The van der Waals surface area contributed by atoms with Gasteiger partial charge in [0.05, 0.1) is 19.3 Å². The van der Waals surface area contributed by atoms with E-state index in [-0.39, 0.29) is 24.1 Å². The Morgan fingerprint density at radius 3 is 2.65 bits per heavy atom. The lowest BCUT2D eigenvalue weighted by Gasteiger charge is -2.33. The highest BCUT2D eigenvalue weighted by atomic mass is 32.2. The smallest absolute Gasteiger partial charge is 0.306 e. The Kier molecular flexibility index (Phi) is 4.91. The second kappa shape index (κ2) is 5.79. The van der Waals surface area contributed by atoms with Gasteiger partial charge in [-0.05, 0) is 12.3 Å². The number of carbonyl (C=O) groups is 1. The fraction of sp³-hybridized carbons (Fsp3) is 0.900. The van der Waals surface area contributed by atoms with E-state index in [2.05, 4.69) is 4.74 Å². The Bertz CT molecular complexity index is 359. The molecule has 0 bridgehead atoms. The summed E-state index contributed by atoms with van der Waals surface area (Å²) in [5.41, 5.74) is 5.80. The number of rotatable bonds is 4. The van der Waals surface area contributed by atoms with Crippen molar-refractivity contribution in [2.75, 3.05) is 26.0 Å². The van der Waals surface area contributed by atoms with Crippen LogP contribution < -0.4 is 5.73 Å². The Morgan fingerprint density at radius 1 is 1.47 bits per heavy atom. The summed E-state index contributed by atoms with van der Waals surface area (Å²) < 4.78 is 29.7. The summed E-state index contributed by atoms with van der Waals surface area (Å²) in [5, 5.41) is 0. The van der Waals surface area contributed by atoms with Crippen molar-refractivity contribution < 1.29 is 17.9 Å². The zero-order chi connectivity index (χ0) is 13.1. The van der Waals surface area contributed by atoms with Crippen molar-refractivity contribution in [2.45, 2.75) is 25.8 Å². The lowest BCUT2D eigenvalue weighted by Crippen LogP contribution is -2.49. The van der Waals surface area contributed by atoms with Gasteiger partial charge in [0.2, 0.25) is 10.0 Å². The van der Waals surface area contributed by atoms with Crippen LogP contribution in [0.3, 0.4) is 0 Å². The molecule has 1 rings (SSSR count). The molecule has 0 aliphatic carbocycles. The molecule has 100 valence electrons. The van der Waals surface area contributed by atoms with Gasteiger partial charge in [-0.15, -0.1) is 0 Å². The van der Waals surface area contributed by atoms with Crippen molar-refractivity contribution in [1.29, 1.82) is 0 Å². The van der Waals surface area contributed by atoms with E-state index in [0.717, 1.165) is 6.42 Å². The molecule has 0 saturated carbocycles. The van der Waals surface area contributed by atoms with Crippen LogP contribution in [0.15, 0.2) is 0 Å². The zero-order valence-corrected chi connectivity index (χ0v) is 11.1. The van der Waals surface area contributed by atoms with Gasteiger partial charge in [-0.2, -0.15) is 0 Å². The monoisotopic (exact) mass is 264 g/mol. The van der Waals surface area contributed by atoms with Crippen molar-refractivity contribution in [3.63, 3.8) is 0 Å². The van der Waals surface area contributed by atoms with Crippen LogP contribution in [0.1, 0.15) is 19.8 Å². The van der Waals surface area contributed by atoms with Crippen LogP contribution in [0.2, 0.25) is 0 Å². The summed E-state index contributed by atoms with van der Waals surface area (Å²) in [6.45, 7) is 2.80. The van der Waals surface area contributed by atoms with Gasteiger partial charge in [0, 0.05) is 19.1 Å². The highest BCUT2D eigenvalue weighted by molar-refractivity contribution is 7.89. The Morgan fingerprint density at radius 2 is 2.12 bits per heavy atom. The summed E-state index contributed by atoms with van der Waals surface area (Å²) in [6, 6.07) is -0.119. The molecule has 17 heavy (non-hydrogen) atoms. The van der Waals surface area contributed by atoms with Crippen molar-refractivity contribution >= 4 is 16.0 Å². The molecule has 1 aliphatic heterocycles. The number of piperidine rings is 1. The number of nitrogens with two attached hydrogens (primary N) is 1. The predicted molar refractivity (Wildman–Crippen MR) is 63.7 cm³/mol. The van der Waals surface area contributed by atoms with Crippen LogP contribution in [-0.2, 0) is 19.6 Å². The molecule has 2 atom stereocenters. The number of esters is 1. The normalized spacial score (nSPS) is 26.8. The minimum atomic E-state index is -3.40. The van der Waals surface area contributed by atoms with Crippen molar-refractivity contribution in [3.05, 3.63) is 0 Å². The first-order chi connectivity index (χ1) is 7.85. The van der Waals surface area contributed by atoms with Crippen LogP contribution in [0.5, 0.6) is 0 Å². The summed E-state index contributed by atoms with van der Waals surface area (Å²) in [7, 11) is -2.16. The lowest BCUT2D eigenvalue weighted by molar-refractivity contribution is -0.140. The van der Waals surface area contributed by atoms with E-state index < -0.39 is 16.0 Å². The number of hydrogen-bond acceptors (Lipinski definition) is 5. The number of carbonyl (C=O) groups excluding carboxylic acids is 1. The van der Waals surface area contributed by atoms with Gasteiger partial charge >= 0.3 is 5.97 Å². The van der Waals surface area contributed by atoms with Crippen LogP contribution in [0.4, 0.5) is 0 Å². The largest absolute Gasteiger partial charge is 0.469 e. The van der Waals surface area contributed by atoms with E-state index >= 15 is 0 Å². The third kappa shape index (κ3) is 4.25. The van der Waals surface area contributed by atoms with Crippen LogP contribution in [0.25, 0.3) is 0 Å². The summed E-state index contributed by atoms with van der Waals surface area (Å²) in [5.74, 6) is -0.464.